The fourth-order valence-electron chi connectivity index (χ4n) is 3.64. The van der Waals surface area contributed by atoms with Crippen LogP contribution in [0.25, 0.3) is 0 Å². The van der Waals surface area contributed by atoms with Crippen molar-refractivity contribution in [3.8, 4) is 5.75 Å². The van der Waals surface area contributed by atoms with E-state index in [2.05, 4.69) is 41.4 Å². The molecule has 1 unspecified atom stereocenters. The van der Waals surface area contributed by atoms with E-state index in [1.165, 1.54) is 24.0 Å². The molecule has 144 valence electrons. The minimum atomic E-state index is -0.159. The monoisotopic (exact) mass is 386 g/mol. The van der Waals surface area contributed by atoms with E-state index in [0.717, 1.165) is 19.5 Å². The summed E-state index contributed by atoms with van der Waals surface area (Å²) in [5.41, 5.74) is 3.08. The first kappa shape index (κ1) is 19.7. The number of hydrogen-bond donors (Lipinski definition) is 1. The Balaban J connectivity index is 1.71. The lowest BCUT2D eigenvalue weighted by atomic mass is 10.00. The molecule has 2 aromatic rings. The molecule has 0 aliphatic carbocycles. The van der Waals surface area contributed by atoms with Crippen LogP contribution in [-0.4, -0.2) is 43.6 Å². The summed E-state index contributed by atoms with van der Waals surface area (Å²) in [5.74, 6) is 0.466. The molecule has 3 rings (SSSR count). The molecule has 1 heterocycles. The maximum Gasteiger partial charge on any atom is 0.252 e. The van der Waals surface area contributed by atoms with Crippen molar-refractivity contribution in [3.05, 3.63) is 64.2 Å². The smallest absolute Gasteiger partial charge is 0.252 e. The summed E-state index contributed by atoms with van der Waals surface area (Å²) in [6.07, 6.45) is 3.37. The average Bonchev–Trinajstić information content (AvgIpc) is 3.21. The topological polar surface area (TPSA) is 41.6 Å². The maximum atomic E-state index is 12.7. The van der Waals surface area contributed by atoms with Gasteiger partial charge in [-0.3, -0.25) is 9.69 Å². The number of hydrogen-bond acceptors (Lipinski definition) is 3. The number of aryl methyl sites for hydroxylation is 1. The van der Waals surface area contributed by atoms with Gasteiger partial charge in [0, 0.05) is 12.6 Å². The lowest BCUT2D eigenvalue weighted by molar-refractivity contribution is 0.0937. The van der Waals surface area contributed by atoms with Gasteiger partial charge in [-0.2, -0.15) is 0 Å². The first-order valence-electron chi connectivity index (χ1n) is 9.49. The fraction of sp³-hybridized carbons (Fsp3) is 0.409. The second-order valence-corrected chi connectivity index (χ2v) is 7.49. The van der Waals surface area contributed by atoms with Crippen LogP contribution in [0.5, 0.6) is 5.75 Å². The molecule has 0 bridgehead atoms. The van der Waals surface area contributed by atoms with Crippen molar-refractivity contribution in [1.82, 2.24) is 10.2 Å². The number of amides is 1. The number of carbonyl (C=O) groups excluding carboxylic acids is 1. The average molecular weight is 387 g/mol. The largest absolute Gasteiger partial charge is 0.497 e. The zero-order chi connectivity index (χ0) is 19.2. The van der Waals surface area contributed by atoms with E-state index in [1.807, 2.05) is 0 Å². The predicted molar refractivity (Wildman–Crippen MR) is 110 cm³/mol. The van der Waals surface area contributed by atoms with Gasteiger partial charge in [-0.1, -0.05) is 35.9 Å². The van der Waals surface area contributed by atoms with Crippen molar-refractivity contribution in [1.29, 1.82) is 0 Å². The van der Waals surface area contributed by atoms with E-state index in [0.29, 0.717) is 22.9 Å². The minimum absolute atomic E-state index is 0.159. The van der Waals surface area contributed by atoms with Gasteiger partial charge >= 0.3 is 0 Å². The quantitative estimate of drug-likeness (QED) is 0.779. The lowest BCUT2D eigenvalue weighted by Crippen LogP contribution is -2.44. The van der Waals surface area contributed by atoms with Crippen LogP contribution < -0.4 is 10.1 Å². The van der Waals surface area contributed by atoms with Crippen molar-refractivity contribution >= 4 is 17.5 Å². The van der Waals surface area contributed by atoms with Crippen LogP contribution in [0, 0.1) is 6.92 Å². The Bertz CT molecular complexity index is 788. The number of likely N-dealkylation sites (tertiary alicyclic amines) is 1. The Labute approximate surface area is 166 Å². The van der Waals surface area contributed by atoms with Gasteiger partial charge in [0.25, 0.3) is 5.91 Å². The van der Waals surface area contributed by atoms with Crippen LogP contribution in [0.15, 0.2) is 42.5 Å². The Morgan fingerprint density at radius 1 is 1.22 bits per heavy atom. The molecule has 27 heavy (non-hydrogen) atoms. The summed E-state index contributed by atoms with van der Waals surface area (Å²) in [4.78, 5) is 15.2. The molecular weight excluding hydrogens is 360 g/mol. The number of ether oxygens (including phenoxy) is 1. The van der Waals surface area contributed by atoms with E-state index in [9.17, 15) is 4.79 Å². The molecule has 1 aliphatic heterocycles. The molecule has 4 nitrogen and oxygen atoms in total. The summed E-state index contributed by atoms with van der Waals surface area (Å²) in [7, 11) is 1.58. The van der Waals surface area contributed by atoms with Crippen LogP contribution in [0.3, 0.4) is 0 Å². The second-order valence-electron chi connectivity index (χ2n) is 7.08. The van der Waals surface area contributed by atoms with Crippen LogP contribution >= 0.6 is 11.6 Å². The van der Waals surface area contributed by atoms with E-state index < -0.39 is 0 Å². The molecule has 1 aliphatic rings. The molecule has 1 amide bonds. The molecule has 0 saturated carbocycles. The summed E-state index contributed by atoms with van der Waals surface area (Å²) in [6, 6.07) is 13.9. The highest BCUT2D eigenvalue weighted by molar-refractivity contribution is 6.33. The van der Waals surface area contributed by atoms with Gasteiger partial charge in [-0.05, 0) is 68.6 Å². The molecule has 0 radical (unpaired) electrons. The summed E-state index contributed by atoms with van der Waals surface area (Å²) >= 11 is 6.21. The summed E-state index contributed by atoms with van der Waals surface area (Å²) in [6.45, 7) is 4.92. The van der Waals surface area contributed by atoms with E-state index in [-0.39, 0.29) is 11.9 Å². The standard InChI is InChI=1S/C22H27ClN2O2/c1-16-7-3-4-8-17(16)13-18(25-11-5-6-12-25)15-24-22(26)20-14-19(27-2)9-10-21(20)23/h3-4,7-10,14,18H,5-6,11-13,15H2,1-2H3,(H,24,26). The van der Waals surface area contributed by atoms with E-state index in [1.54, 1.807) is 25.3 Å². The molecule has 1 N–H and O–H groups in total. The highest BCUT2D eigenvalue weighted by Crippen LogP contribution is 2.22. The Morgan fingerprint density at radius 3 is 2.67 bits per heavy atom. The number of carbonyl (C=O) groups is 1. The molecule has 1 saturated heterocycles. The number of rotatable bonds is 7. The highest BCUT2D eigenvalue weighted by Gasteiger charge is 2.24. The Kier molecular flexibility index (Phi) is 6.75. The molecule has 1 atom stereocenters. The molecular formula is C22H27ClN2O2. The number of methoxy groups -OCH3 is 1. The zero-order valence-electron chi connectivity index (χ0n) is 16.0. The van der Waals surface area contributed by atoms with Crippen molar-refractivity contribution in [3.63, 3.8) is 0 Å². The van der Waals surface area contributed by atoms with Crippen molar-refractivity contribution in [2.24, 2.45) is 0 Å². The van der Waals surface area contributed by atoms with Gasteiger partial charge in [0.05, 0.1) is 17.7 Å². The number of nitrogens with one attached hydrogen (secondary N) is 1. The first-order valence-corrected chi connectivity index (χ1v) is 9.86. The van der Waals surface area contributed by atoms with E-state index >= 15 is 0 Å². The SMILES string of the molecule is COc1ccc(Cl)c(C(=O)NCC(Cc2ccccc2C)N2CCCC2)c1. The summed E-state index contributed by atoms with van der Waals surface area (Å²) < 4.78 is 5.21. The third-order valence-electron chi connectivity index (χ3n) is 5.29. The van der Waals surface area contributed by atoms with Crippen molar-refractivity contribution in [2.45, 2.75) is 32.2 Å². The normalized spacial score (nSPS) is 15.5. The van der Waals surface area contributed by atoms with E-state index in [4.69, 9.17) is 16.3 Å². The van der Waals surface area contributed by atoms with Gasteiger partial charge < -0.3 is 10.1 Å². The van der Waals surface area contributed by atoms with Crippen molar-refractivity contribution < 1.29 is 9.53 Å². The van der Waals surface area contributed by atoms with Crippen molar-refractivity contribution in [2.75, 3.05) is 26.7 Å². The molecule has 0 spiro atoms. The Morgan fingerprint density at radius 2 is 1.96 bits per heavy atom. The van der Waals surface area contributed by atoms with Crippen LogP contribution in [0.1, 0.15) is 34.3 Å². The number of benzene rings is 2. The lowest BCUT2D eigenvalue weighted by Gasteiger charge is -2.28. The molecule has 1 fully saturated rings. The summed E-state index contributed by atoms with van der Waals surface area (Å²) in [5, 5.41) is 3.52. The van der Waals surface area contributed by atoms with Gasteiger partial charge in [-0.25, -0.2) is 0 Å². The van der Waals surface area contributed by atoms with Gasteiger partial charge in [0.1, 0.15) is 5.75 Å². The van der Waals surface area contributed by atoms with Gasteiger partial charge in [0.2, 0.25) is 0 Å². The maximum absolute atomic E-state index is 12.7. The highest BCUT2D eigenvalue weighted by atomic mass is 35.5. The third kappa shape index (κ3) is 5.02. The van der Waals surface area contributed by atoms with Crippen LogP contribution in [-0.2, 0) is 6.42 Å². The first-order chi connectivity index (χ1) is 13.1. The van der Waals surface area contributed by atoms with Gasteiger partial charge in [0.15, 0.2) is 0 Å². The zero-order valence-corrected chi connectivity index (χ0v) is 16.8. The molecule has 0 aromatic heterocycles. The molecule has 5 heteroatoms. The number of nitrogens with zero attached hydrogens (tertiary/aromatic N) is 1. The number of halogens is 1. The molecule has 2 aromatic carbocycles. The Hall–Kier alpha value is -2.04. The minimum Gasteiger partial charge on any atom is -0.497 e. The van der Waals surface area contributed by atoms with Gasteiger partial charge in [-0.15, -0.1) is 0 Å². The second kappa shape index (κ2) is 9.25. The fourth-order valence-corrected chi connectivity index (χ4v) is 3.84. The predicted octanol–water partition coefficient (Wildman–Crippen LogP) is 4.09. The van der Waals surface area contributed by atoms with Crippen LogP contribution in [0.4, 0.5) is 0 Å². The van der Waals surface area contributed by atoms with Crippen LogP contribution in [0.2, 0.25) is 5.02 Å². The third-order valence-corrected chi connectivity index (χ3v) is 5.62.